The van der Waals surface area contributed by atoms with Crippen LogP contribution in [0.5, 0.6) is 0 Å². The fraction of sp³-hybridized carbons (Fsp3) is 0.667. The van der Waals surface area contributed by atoms with E-state index in [2.05, 4.69) is 11.4 Å². The smallest absolute Gasteiger partial charge is 0.272 e. The number of hydrogen-bond acceptors (Lipinski definition) is 2. The molecule has 0 aliphatic heterocycles. The summed E-state index contributed by atoms with van der Waals surface area (Å²) in [7, 11) is 2.72. The van der Waals surface area contributed by atoms with Gasteiger partial charge in [-0.3, -0.25) is 9.63 Å². The minimum atomic E-state index is -2.77. The first-order valence-electron chi connectivity index (χ1n) is 4.15. The Kier molecular flexibility index (Phi) is 4.70. The number of halogens is 2. The molecule has 0 rings (SSSR count). The van der Waals surface area contributed by atoms with Gasteiger partial charge in [0.05, 0.1) is 7.11 Å². The highest BCUT2D eigenvalue weighted by atomic mass is 19.3. The molecular weight excluding hydrogens is 192 g/mol. The zero-order valence-corrected chi connectivity index (χ0v) is 8.64. The lowest BCUT2D eigenvalue weighted by Crippen LogP contribution is -2.27. The van der Waals surface area contributed by atoms with Crippen LogP contribution in [0.4, 0.5) is 8.78 Å². The average molecular weight is 207 g/mol. The predicted molar refractivity (Wildman–Crippen MR) is 48.8 cm³/mol. The number of rotatable bonds is 5. The summed E-state index contributed by atoms with van der Waals surface area (Å²) in [5.41, 5.74) is 0.121. The van der Waals surface area contributed by atoms with Crippen molar-refractivity contribution in [2.45, 2.75) is 25.7 Å². The molecule has 3 nitrogen and oxygen atoms in total. The van der Waals surface area contributed by atoms with E-state index in [-0.39, 0.29) is 18.4 Å². The van der Waals surface area contributed by atoms with Gasteiger partial charge in [0.25, 0.3) is 5.91 Å². The molecule has 0 aromatic heterocycles. The number of nitrogens with zero attached hydrogens (tertiary/aromatic N) is 1. The van der Waals surface area contributed by atoms with Gasteiger partial charge in [0.1, 0.15) is 0 Å². The first-order chi connectivity index (χ1) is 6.28. The van der Waals surface area contributed by atoms with Crippen LogP contribution < -0.4 is 0 Å². The van der Waals surface area contributed by atoms with E-state index in [0.29, 0.717) is 0 Å². The van der Waals surface area contributed by atoms with Crippen LogP contribution in [0.2, 0.25) is 0 Å². The van der Waals surface area contributed by atoms with Gasteiger partial charge >= 0.3 is 0 Å². The van der Waals surface area contributed by atoms with Crippen LogP contribution in [0.1, 0.15) is 19.8 Å². The van der Waals surface area contributed by atoms with Gasteiger partial charge in [0.15, 0.2) is 0 Å². The maximum atomic E-state index is 12.4. The monoisotopic (exact) mass is 207 g/mol. The second-order valence-corrected chi connectivity index (χ2v) is 3.16. The quantitative estimate of drug-likeness (QED) is 0.509. The van der Waals surface area contributed by atoms with Crippen molar-refractivity contribution in [1.82, 2.24) is 5.06 Å². The number of alkyl halides is 2. The number of hydroxylamine groups is 2. The molecule has 5 heteroatoms. The van der Waals surface area contributed by atoms with E-state index in [1.54, 1.807) is 0 Å². The van der Waals surface area contributed by atoms with E-state index in [1.807, 2.05) is 0 Å². The minimum Gasteiger partial charge on any atom is -0.274 e. The maximum Gasteiger partial charge on any atom is 0.272 e. The summed E-state index contributed by atoms with van der Waals surface area (Å²) in [5, 5.41) is 0.955. The Morgan fingerprint density at radius 3 is 2.43 bits per heavy atom. The van der Waals surface area contributed by atoms with E-state index < -0.39 is 11.8 Å². The number of carbonyl (C=O) groups excluding carboxylic acids is 1. The van der Waals surface area contributed by atoms with Crippen LogP contribution in [0.25, 0.3) is 0 Å². The van der Waals surface area contributed by atoms with Gasteiger partial charge in [-0.15, -0.1) is 0 Å². The zero-order chi connectivity index (χ0) is 11.4. The predicted octanol–water partition coefficient (Wildman–Crippen LogP) is 2.00. The number of amides is 1. The fourth-order valence-corrected chi connectivity index (χ4v) is 0.783. The van der Waals surface area contributed by atoms with E-state index in [9.17, 15) is 13.6 Å². The molecule has 0 N–H and O–H groups in total. The highest BCUT2D eigenvalue weighted by molar-refractivity contribution is 5.91. The molecule has 0 heterocycles. The third kappa shape index (κ3) is 4.91. The molecule has 1 amide bonds. The van der Waals surface area contributed by atoms with Crippen molar-refractivity contribution in [2.75, 3.05) is 14.2 Å². The van der Waals surface area contributed by atoms with Crippen LogP contribution in [-0.2, 0) is 9.63 Å². The third-order valence-electron chi connectivity index (χ3n) is 1.73. The van der Waals surface area contributed by atoms with E-state index >= 15 is 0 Å². The van der Waals surface area contributed by atoms with Crippen molar-refractivity contribution in [2.24, 2.45) is 0 Å². The van der Waals surface area contributed by atoms with Gasteiger partial charge in [-0.25, -0.2) is 13.8 Å². The summed E-state index contributed by atoms with van der Waals surface area (Å²) in [6.45, 7) is 4.23. The molecule has 0 unspecified atom stereocenters. The van der Waals surface area contributed by atoms with Crippen molar-refractivity contribution in [1.29, 1.82) is 0 Å². The molecule has 14 heavy (non-hydrogen) atoms. The number of hydrogen-bond donors (Lipinski definition) is 0. The van der Waals surface area contributed by atoms with Crippen LogP contribution in [0.15, 0.2) is 12.2 Å². The Hall–Kier alpha value is -0.970. The normalized spacial score (nSPS) is 11.2. The Bertz CT molecular complexity index is 223. The van der Waals surface area contributed by atoms with Crippen molar-refractivity contribution in [3.05, 3.63) is 12.2 Å². The number of carbonyl (C=O) groups is 1. The Morgan fingerprint density at radius 2 is 2.07 bits per heavy atom. The topological polar surface area (TPSA) is 29.5 Å². The summed E-state index contributed by atoms with van der Waals surface area (Å²) in [6.07, 6.45) is -0.412. The summed E-state index contributed by atoms with van der Waals surface area (Å²) in [4.78, 5) is 15.8. The molecule has 0 radical (unpaired) electrons. The first-order valence-corrected chi connectivity index (χ1v) is 4.15. The van der Waals surface area contributed by atoms with E-state index in [1.165, 1.54) is 14.2 Å². The summed E-state index contributed by atoms with van der Waals surface area (Å²) >= 11 is 0. The number of likely N-dealkylation sites (N-methyl/N-ethyl adjacent to an activating group) is 1. The zero-order valence-electron chi connectivity index (χ0n) is 8.64. The fourth-order valence-electron chi connectivity index (χ4n) is 0.783. The second-order valence-electron chi connectivity index (χ2n) is 3.16. The van der Waals surface area contributed by atoms with Gasteiger partial charge < -0.3 is 0 Å². The first kappa shape index (κ1) is 13.0. The molecular formula is C9H15F2NO2. The lowest BCUT2D eigenvalue weighted by atomic mass is 10.1. The molecule has 0 aliphatic carbocycles. The van der Waals surface area contributed by atoms with Crippen LogP contribution in [0, 0.1) is 0 Å². The van der Waals surface area contributed by atoms with Gasteiger partial charge in [0.2, 0.25) is 5.92 Å². The standard InChI is InChI=1S/C9H15F2NO2/c1-7(5-6-9(2,10)11)8(13)12(3)14-4/h1,5-6H2,2-4H3. The van der Waals surface area contributed by atoms with Crippen molar-refractivity contribution in [3.8, 4) is 0 Å². The Morgan fingerprint density at radius 1 is 1.57 bits per heavy atom. The van der Waals surface area contributed by atoms with E-state index in [0.717, 1.165) is 12.0 Å². The van der Waals surface area contributed by atoms with E-state index in [4.69, 9.17) is 0 Å². The highest BCUT2D eigenvalue weighted by Gasteiger charge is 2.23. The largest absolute Gasteiger partial charge is 0.274 e. The van der Waals surface area contributed by atoms with Gasteiger partial charge in [0, 0.05) is 19.0 Å². The highest BCUT2D eigenvalue weighted by Crippen LogP contribution is 2.21. The molecule has 0 aromatic rings. The van der Waals surface area contributed by atoms with Crippen molar-refractivity contribution >= 4 is 5.91 Å². The molecule has 0 bridgehead atoms. The van der Waals surface area contributed by atoms with Crippen LogP contribution in [-0.4, -0.2) is 31.1 Å². The molecule has 0 aliphatic rings. The molecule has 82 valence electrons. The molecule has 0 atom stereocenters. The second kappa shape index (κ2) is 5.05. The molecule has 0 aromatic carbocycles. The van der Waals surface area contributed by atoms with Gasteiger partial charge in [-0.05, 0) is 13.3 Å². The lowest BCUT2D eigenvalue weighted by Gasteiger charge is -2.16. The van der Waals surface area contributed by atoms with Gasteiger partial charge in [-0.2, -0.15) is 0 Å². The third-order valence-corrected chi connectivity index (χ3v) is 1.73. The molecule has 0 spiro atoms. The minimum absolute atomic E-state index is 0.0317. The summed E-state index contributed by atoms with van der Waals surface area (Å²) in [5.74, 6) is -3.24. The van der Waals surface area contributed by atoms with Crippen LogP contribution in [0.3, 0.4) is 0 Å². The molecule has 0 saturated heterocycles. The average Bonchev–Trinajstić information content (AvgIpc) is 2.10. The summed E-state index contributed by atoms with van der Waals surface area (Å²) in [6, 6.07) is 0. The lowest BCUT2D eigenvalue weighted by molar-refractivity contribution is -0.164. The van der Waals surface area contributed by atoms with Crippen LogP contribution >= 0.6 is 0 Å². The van der Waals surface area contributed by atoms with Gasteiger partial charge in [-0.1, -0.05) is 6.58 Å². The molecule has 0 saturated carbocycles. The SMILES string of the molecule is C=C(CCC(C)(F)F)C(=O)N(C)OC. The Labute approximate surface area is 82.3 Å². The van der Waals surface area contributed by atoms with Crippen molar-refractivity contribution in [3.63, 3.8) is 0 Å². The molecule has 0 fully saturated rings. The Balaban J connectivity index is 4.04. The maximum absolute atomic E-state index is 12.4. The van der Waals surface area contributed by atoms with Crippen molar-refractivity contribution < 1.29 is 18.4 Å². The summed E-state index contributed by atoms with van der Waals surface area (Å²) < 4.78 is 24.9.